The van der Waals surface area contributed by atoms with Gasteiger partial charge in [-0.3, -0.25) is 20.4 Å². The topological polar surface area (TPSA) is 98.1 Å². The van der Waals surface area contributed by atoms with Crippen LogP contribution in [0, 0.1) is 0 Å². The molecule has 0 aliphatic heterocycles. The van der Waals surface area contributed by atoms with Crippen LogP contribution < -0.4 is 15.6 Å². The molecule has 0 aliphatic carbocycles. The molecule has 0 aliphatic rings. The van der Waals surface area contributed by atoms with E-state index in [-0.39, 0.29) is 23.3 Å². The first-order chi connectivity index (χ1) is 11.9. The van der Waals surface area contributed by atoms with Crippen molar-refractivity contribution in [2.75, 3.05) is 12.9 Å². The van der Waals surface area contributed by atoms with Gasteiger partial charge in [-0.15, -0.1) is 10.2 Å². The van der Waals surface area contributed by atoms with Crippen molar-refractivity contribution in [3.63, 3.8) is 0 Å². The average molecular weight is 384 g/mol. The first-order valence-corrected chi connectivity index (χ1v) is 8.73. The molecular formula is C15H18ClN5O3S. The number of nitrogens with one attached hydrogen (secondary N) is 2. The highest BCUT2D eigenvalue weighted by Gasteiger charge is 2.15. The van der Waals surface area contributed by atoms with Crippen LogP contribution in [0.3, 0.4) is 0 Å². The molecule has 1 aromatic heterocycles. The fourth-order valence-electron chi connectivity index (χ4n) is 1.91. The maximum absolute atomic E-state index is 12.2. The van der Waals surface area contributed by atoms with E-state index in [2.05, 4.69) is 21.0 Å². The number of thioether (sulfide) groups is 1. The zero-order chi connectivity index (χ0) is 18.4. The molecule has 2 N–H and O–H groups in total. The Labute approximate surface area is 154 Å². The largest absolute Gasteiger partial charge is 0.496 e. The number of hydrogen-bond acceptors (Lipinski definition) is 6. The Bertz CT molecular complexity index is 765. The molecule has 1 heterocycles. The minimum atomic E-state index is -0.525. The van der Waals surface area contributed by atoms with Gasteiger partial charge in [0.15, 0.2) is 5.16 Å². The second-order valence-corrected chi connectivity index (χ2v) is 6.63. The summed E-state index contributed by atoms with van der Waals surface area (Å²) in [5.74, 6) is -0.463. The second-order valence-electron chi connectivity index (χ2n) is 5.25. The van der Waals surface area contributed by atoms with Crippen LogP contribution in [0.2, 0.25) is 5.02 Å². The molecule has 25 heavy (non-hydrogen) atoms. The van der Waals surface area contributed by atoms with E-state index < -0.39 is 5.91 Å². The number of carbonyl (C=O) groups excluding carboxylic acids is 2. The molecule has 2 rings (SSSR count). The van der Waals surface area contributed by atoms with Gasteiger partial charge in [0, 0.05) is 11.1 Å². The highest BCUT2D eigenvalue weighted by molar-refractivity contribution is 7.99. The molecule has 0 radical (unpaired) electrons. The minimum Gasteiger partial charge on any atom is -0.496 e. The monoisotopic (exact) mass is 383 g/mol. The summed E-state index contributed by atoms with van der Waals surface area (Å²) < 4.78 is 6.96. The van der Waals surface area contributed by atoms with Crippen molar-refractivity contribution >= 4 is 35.2 Å². The summed E-state index contributed by atoms with van der Waals surface area (Å²) in [6, 6.07) is 4.84. The van der Waals surface area contributed by atoms with Gasteiger partial charge < -0.3 is 9.30 Å². The molecule has 2 aromatic rings. The molecule has 0 fully saturated rings. The lowest BCUT2D eigenvalue weighted by atomic mass is 10.2. The van der Waals surface area contributed by atoms with Crippen LogP contribution in [0.15, 0.2) is 29.7 Å². The van der Waals surface area contributed by atoms with Gasteiger partial charge in [0.25, 0.3) is 5.91 Å². The van der Waals surface area contributed by atoms with E-state index in [0.717, 1.165) is 0 Å². The van der Waals surface area contributed by atoms with Crippen molar-refractivity contribution in [1.29, 1.82) is 0 Å². The van der Waals surface area contributed by atoms with Crippen molar-refractivity contribution in [2.45, 2.75) is 25.0 Å². The van der Waals surface area contributed by atoms with E-state index in [1.54, 1.807) is 18.5 Å². The van der Waals surface area contributed by atoms with E-state index in [1.165, 1.54) is 24.9 Å². The molecule has 0 atom stereocenters. The Morgan fingerprint density at radius 2 is 2.12 bits per heavy atom. The lowest BCUT2D eigenvalue weighted by Crippen LogP contribution is -2.42. The first kappa shape index (κ1) is 19.1. The van der Waals surface area contributed by atoms with Crippen LogP contribution >= 0.6 is 23.4 Å². The predicted octanol–water partition coefficient (Wildman–Crippen LogP) is 2.07. The fourth-order valence-corrected chi connectivity index (χ4v) is 2.92. The van der Waals surface area contributed by atoms with Crippen molar-refractivity contribution in [3.05, 3.63) is 35.1 Å². The van der Waals surface area contributed by atoms with Gasteiger partial charge in [-0.25, -0.2) is 0 Å². The van der Waals surface area contributed by atoms with Crippen molar-refractivity contribution in [3.8, 4) is 5.75 Å². The van der Waals surface area contributed by atoms with Crippen LogP contribution in [-0.2, 0) is 4.79 Å². The summed E-state index contributed by atoms with van der Waals surface area (Å²) in [4.78, 5) is 24.1. The molecule has 8 nitrogen and oxygen atoms in total. The van der Waals surface area contributed by atoms with E-state index in [4.69, 9.17) is 16.3 Å². The summed E-state index contributed by atoms with van der Waals surface area (Å²) in [5, 5.41) is 8.81. The van der Waals surface area contributed by atoms with Crippen molar-refractivity contribution < 1.29 is 14.3 Å². The molecule has 134 valence electrons. The highest BCUT2D eigenvalue weighted by Crippen LogP contribution is 2.22. The Hall–Kier alpha value is -2.26. The maximum atomic E-state index is 12.2. The van der Waals surface area contributed by atoms with E-state index in [0.29, 0.717) is 15.9 Å². The number of rotatable bonds is 6. The predicted molar refractivity (Wildman–Crippen MR) is 94.7 cm³/mol. The second kappa shape index (κ2) is 8.72. The third kappa shape index (κ3) is 5.10. The number of carbonyl (C=O) groups is 2. The number of hydrazine groups is 1. The van der Waals surface area contributed by atoms with E-state index in [1.807, 2.05) is 18.4 Å². The smallest absolute Gasteiger partial charge is 0.273 e. The number of aromatic nitrogens is 3. The molecule has 0 unspecified atom stereocenters. The minimum absolute atomic E-state index is 0.0817. The Morgan fingerprint density at radius 1 is 1.36 bits per heavy atom. The molecule has 0 bridgehead atoms. The molecule has 10 heteroatoms. The lowest BCUT2D eigenvalue weighted by Gasteiger charge is -2.11. The van der Waals surface area contributed by atoms with Gasteiger partial charge in [-0.2, -0.15) is 0 Å². The summed E-state index contributed by atoms with van der Waals surface area (Å²) in [6.07, 6.45) is 1.61. The third-order valence-corrected chi connectivity index (χ3v) is 4.34. The number of hydrogen-bond donors (Lipinski definition) is 2. The Morgan fingerprint density at radius 3 is 2.80 bits per heavy atom. The summed E-state index contributed by atoms with van der Waals surface area (Å²) in [7, 11) is 1.44. The average Bonchev–Trinajstić information content (AvgIpc) is 3.06. The molecule has 0 saturated carbocycles. The number of halogens is 1. The van der Waals surface area contributed by atoms with Gasteiger partial charge in [0.2, 0.25) is 5.91 Å². The van der Waals surface area contributed by atoms with Crippen LogP contribution in [0.25, 0.3) is 0 Å². The third-order valence-electron chi connectivity index (χ3n) is 3.15. The fraction of sp³-hybridized carbons (Fsp3) is 0.333. The standard InChI is InChI=1S/C15H18ClN5O3S/c1-9(2)21-8-17-20-15(21)25-7-13(22)18-19-14(23)11-6-10(16)4-5-12(11)24-3/h4-6,8-9H,7H2,1-3H3,(H,18,22)(H,19,23). The van der Waals surface area contributed by atoms with E-state index >= 15 is 0 Å². The van der Waals surface area contributed by atoms with Crippen molar-refractivity contribution in [1.82, 2.24) is 25.6 Å². The molecule has 2 amide bonds. The van der Waals surface area contributed by atoms with Gasteiger partial charge in [-0.05, 0) is 32.0 Å². The van der Waals surface area contributed by atoms with Crippen LogP contribution in [0.1, 0.15) is 30.2 Å². The van der Waals surface area contributed by atoms with Crippen LogP contribution in [0.5, 0.6) is 5.75 Å². The van der Waals surface area contributed by atoms with Crippen LogP contribution in [0.4, 0.5) is 0 Å². The highest BCUT2D eigenvalue weighted by atomic mass is 35.5. The van der Waals surface area contributed by atoms with Gasteiger partial charge in [0.05, 0.1) is 18.4 Å². The zero-order valence-corrected chi connectivity index (χ0v) is 15.5. The number of ether oxygens (including phenoxy) is 1. The summed E-state index contributed by atoms with van der Waals surface area (Å²) in [5.41, 5.74) is 4.91. The quantitative estimate of drug-likeness (QED) is 0.585. The number of benzene rings is 1. The number of amides is 2. The lowest BCUT2D eigenvalue weighted by molar-refractivity contribution is -0.119. The normalized spacial score (nSPS) is 10.6. The van der Waals surface area contributed by atoms with E-state index in [9.17, 15) is 9.59 Å². The Balaban J connectivity index is 1.88. The zero-order valence-electron chi connectivity index (χ0n) is 13.9. The molecule has 0 spiro atoms. The Kier molecular flexibility index (Phi) is 6.65. The molecule has 1 aromatic carbocycles. The number of methoxy groups -OCH3 is 1. The van der Waals surface area contributed by atoms with Crippen LogP contribution in [-0.4, -0.2) is 39.4 Å². The molecule has 0 saturated heterocycles. The summed E-state index contributed by atoms with van der Waals surface area (Å²) in [6.45, 7) is 3.98. The van der Waals surface area contributed by atoms with Gasteiger partial charge in [-0.1, -0.05) is 23.4 Å². The maximum Gasteiger partial charge on any atom is 0.273 e. The SMILES string of the molecule is COc1ccc(Cl)cc1C(=O)NNC(=O)CSc1nncn1C(C)C. The first-order valence-electron chi connectivity index (χ1n) is 7.37. The summed E-state index contributed by atoms with van der Waals surface area (Å²) >= 11 is 7.11. The molecular weight excluding hydrogens is 366 g/mol. The van der Waals surface area contributed by atoms with Gasteiger partial charge >= 0.3 is 0 Å². The van der Waals surface area contributed by atoms with Gasteiger partial charge in [0.1, 0.15) is 12.1 Å². The number of nitrogens with zero attached hydrogens (tertiary/aromatic N) is 3. The van der Waals surface area contributed by atoms with Crippen molar-refractivity contribution in [2.24, 2.45) is 0 Å².